The van der Waals surface area contributed by atoms with Crippen molar-refractivity contribution in [1.29, 1.82) is 0 Å². The van der Waals surface area contributed by atoms with Gasteiger partial charge in [0.15, 0.2) is 6.29 Å². The van der Waals surface area contributed by atoms with E-state index in [0.717, 1.165) is 12.8 Å². The zero-order valence-corrected chi connectivity index (χ0v) is 16.2. The van der Waals surface area contributed by atoms with Gasteiger partial charge in [0.05, 0.1) is 6.10 Å². The summed E-state index contributed by atoms with van der Waals surface area (Å²) in [6.45, 7) is 4.43. The molecule has 1 aliphatic heterocycles. The Bertz CT molecular complexity index is 312. The van der Waals surface area contributed by atoms with Crippen molar-refractivity contribution in [3.63, 3.8) is 0 Å². The Morgan fingerprint density at radius 2 is 1.16 bits per heavy atom. The number of aliphatic hydroxyl groups is 3. The van der Waals surface area contributed by atoms with E-state index in [1.165, 1.54) is 64.2 Å². The molecule has 1 fully saturated rings. The Kier molecular flexibility index (Phi) is 12.7. The van der Waals surface area contributed by atoms with Crippen LogP contribution in [0.25, 0.3) is 0 Å². The minimum atomic E-state index is -1.21. The van der Waals surface area contributed by atoms with Crippen LogP contribution in [-0.4, -0.2) is 52.6 Å². The zero-order valence-electron chi connectivity index (χ0n) is 16.2. The van der Waals surface area contributed by atoms with E-state index in [0.29, 0.717) is 6.61 Å². The molecule has 25 heavy (non-hydrogen) atoms. The van der Waals surface area contributed by atoms with Gasteiger partial charge in [-0.3, -0.25) is 0 Å². The molecular formula is C20H40O5. The van der Waals surface area contributed by atoms with Crippen LogP contribution in [0.15, 0.2) is 0 Å². The van der Waals surface area contributed by atoms with Crippen molar-refractivity contribution in [3.8, 4) is 0 Å². The summed E-state index contributed by atoms with van der Waals surface area (Å²) >= 11 is 0. The van der Waals surface area contributed by atoms with E-state index >= 15 is 0 Å². The van der Waals surface area contributed by atoms with E-state index in [-0.39, 0.29) is 0 Å². The molecule has 150 valence electrons. The molecule has 1 aliphatic rings. The molecule has 0 spiro atoms. The van der Waals surface area contributed by atoms with E-state index in [1.807, 2.05) is 0 Å². The highest BCUT2D eigenvalue weighted by molar-refractivity contribution is 4.87. The zero-order chi connectivity index (χ0) is 18.5. The first kappa shape index (κ1) is 22.8. The first-order valence-electron chi connectivity index (χ1n) is 10.4. The van der Waals surface area contributed by atoms with Crippen LogP contribution in [-0.2, 0) is 9.47 Å². The average Bonchev–Trinajstić information content (AvgIpc) is 2.61. The molecule has 3 N–H and O–H groups in total. The molecule has 1 rings (SSSR count). The number of aliphatic hydroxyl groups excluding tert-OH is 3. The lowest BCUT2D eigenvalue weighted by Gasteiger charge is -2.38. The highest BCUT2D eigenvalue weighted by atomic mass is 16.7. The van der Waals surface area contributed by atoms with Crippen LogP contribution in [0.5, 0.6) is 0 Å². The molecule has 1 heterocycles. The standard InChI is InChI=1S/C20H40O5/c1-3-4-5-6-7-8-9-10-11-12-13-14-15-24-20-19(23)18(22)17(21)16(2)25-20/h16-23H,3-15H2,1-2H3/t16-,17-,18+,19+,20+/m1/s1. The van der Waals surface area contributed by atoms with Gasteiger partial charge in [-0.1, -0.05) is 77.6 Å². The molecular weight excluding hydrogens is 320 g/mol. The lowest BCUT2D eigenvalue weighted by Crippen LogP contribution is -2.57. The first-order chi connectivity index (χ1) is 12.1. The van der Waals surface area contributed by atoms with Crippen molar-refractivity contribution in [3.05, 3.63) is 0 Å². The van der Waals surface area contributed by atoms with E-state index in [9.17, 15) is 15.3 Å². The Morgan fingerprint density at radius 3 is 1.68 bits per heavy atom. The lowest BCUT2D eigenvalue weighted by molar-refractivity contribution is -0.293. The fourth-order valence-electron chi connectivity index (χ4n) is 3.29. The topological polar surface area (TPSA) is 79.2 Å². The molecule has 0 aromatic heterocycles. The van der Waals surface area contributed by atoms with Crippen LogP contribution in [0.4, 0.5) is 0 Å². The van der Waals surface area contributed by atoms with E-state index in [2.05, 4.69) is 6.92 Å². The van der Waals surface area contributed by atoms with Gasteiger partial charge in [0.25, 0.3) is 0 Å². The van der Waals surface area contributed by atoms with Crippen molar-refractivity contribution in [2.75, 3.05) is 6.61 Å². The molecule has 5 nitrogen and oxygen atoms in total. The number of unbranched alkanes of at least 4 members (excludes halogenated alkanes) is 11. The third kappa shape index (κ3) is 9.34. The molecule has 0 amide bonds. The maximum Gasteiger partial charge on any atom is 0.186 e. The lowest BCUT2D eigenvalue weighted by atomic mass is 10.00. The Morgan fingerprint density at radius 1 is 0.680 bits per heavy atom. The minimum Gasteiger partial charge on any atom is -0.388 e. The van der Waals surface area contributed by atoms with Gasteiger partial charge in [0.2, 0.25) is 0 Å². The highest BCUT2D eigenvalue weighted by Gasteiger charge is 2.42. The molecule has 0 aliphatic carbocycles. The van der Waals surface area contributed by atoms with Crippen LogP contribution >= 0.6 is 0 Å². The summed E-state index contributed by atoms with van der Waals surface area (Å²) in [6, 6.07) is 0. The molecule has 5 atom stereocenters. The quantitative estimate of drug-likeness (QED) is 0.413. The highest BCUT2D eigenvalue weighted by Crippen LogP contribution is 2.22. The van der Waals surface area contributed by atoms with Crippen molar-refractivity contribution in [2.24, 2.45) is 0 Å². The van der Waals surface area contributed by atoms with Gasteiger partial charge in [-0.15, -0.1) is 0 Å². The maximum absolute atomic E-state index is 9.86. The predicted octanol–water partition coefficient (Wildman–Crippen LogP) is 3.53. The van der Waals surface area contributed by atoms with E-state index in [1.54, 1.807) is 6.92 Å². The molecule has 1 saturated heterocycles. The number of rotatable bonds is 14. The van der Waals surface area contributed by atoms with E-state index in [4.69, 9.17) is 9.47 Å². The van der Waals surface area contributed by atoms with Gasteiger partial charge in [-0.05, 0) is 13.3 Å². The molecule has 0 saturated carbocycles. The smallest absolute Gasteiger partial charge is 0.186 e. The third-order valence-corrected chi connectivity index (χ3v) is 5.09. The third-order valence-electron chi connectivity index (χ3n) is 5.09. The molecule has 0 aromatic rings. The summed E-state index contributed by atoms with van der Waals surface area (Å²) in [5.74, 6) is 0. The summed E-state index contributed by atoms with van der Waals surface area (Å²) in [5.41, 5.74) is 0. The molecule has 0 radical (unpaired) electrons. The first-order valence-corrected chi connectivity index (χ1v) is 10.4. The fraction of sp³-hybridized carbons (Fsp3) is 1.00. The molecule has 0 bridgehead atoms. The van der Waals surface area contributed by atoms with Crippen LogP contribution in [0.2, 0.25) is 0 Å². The predicted molar refractivity (Wildman–Crippen MR) is 99.4 cm³/mol. The number of hydrogen-bond acceptors (Lipinski definition) is 5. The Hall–Kier alpha value is -0.200. The minimum absolute atomic E-state index is 0.509. The van der Waals surface area contributed by atoms with Gasteiger partial charge in [0.1, 0.15) is 18.3 Å². The van der Waals surface area contributed by atoms with Gasteiger partial charge in [0, 0.05) is 6.61 Å². The second kappa shape index (κ2) is 13.9. The summed E-state index contributed by atoms with van der Waals surface area (Å²) in [4.78, 5) is 0. The van der Waals surface area contributed by atoms with Crippen molar-refractivity contribution in [1.82, 2.24) is 0 Å². The molecule has 0 unspecified atom stereocenters. The fourth-order valence-corrected chi connectivity index (χ4v) is 3.29. The van der Waals surface area contributed by atoms with Crippen molar-refractivity contribution in [2.45, 2.75) is 122 Å². The Labute approximate surface area is 153 Å². The average molecular weight is 361 g/mol. The van der Waals surface area contributed by atoms with Gasteiger partial charge in [-0.2, -0.15) is 0 Å². The van der Waals surface area contributed by atoms with Crippen LogP contribution < -0.4 is 0 Å². The van der Waals surface area contributed by atoms with Gasteiger partial charge >= 0.3 is 0 Å². The normalized spacial score (nSPS) is 29.9. The SMILES string of the molecule is CCCCCCCCCCCCCCO[C@H]1O[C@H](C)[C@@H](O)[C@H](O)[C@@H]1O. The number of ether oxygens (including phenoxy) is 2. The van der Waals surface area contributed by atoms with Gasteiger partial charge in [-0.25, -0.2) is 0 Å². The van der Waals surface area contributed by atoms with Crippen LogP contribution in [0.1, 0.15) is 90.9 Å². The van der Waals surface area contributed by atoms with Crippen molar-refractivity contribution < 1.29 is 24.8 Å². The second-order valence-electron chi connectivity index (χ2n) is 7.44. The summed E-state index contributed by atoms with van der Waals surface area (Å²) in [5, 5.41) is 29.2. The van der Waals surface area contributed by atoms with Crippen LogP contribution in [0, 0.1) is 0 Å². The number of hydrogen-bond donors (Lipinski definition) is 3. The molecule has 0 aromatic carbocycles. The summed E-state index contributed by atoms with van der Waals surface area (Å²) in [7, 11) is 0. The van der Waals surface area contributed by atoms with Gasteiger partial charge < -0.3 is 24.8 Å². The molecule has 5 heteroatoms. The Balaban J connectivity index is 1.90. The second-order valence-corrected chi connectivity index (χ2v) is 7.44. The largest absolute Gasteiger partial charge is 0.388 e. The maximum atomic E-state index is 9.86. The monoisotopic (exact) mass is 360 g/mol. The van der Waals surface area contributed by atoms with Crippen molar-refractivity contribution >= 4 is 0 Å². The van der Waals surface area contributed by atoms with E-state index < -0.39 is 30.7 Å². The van der Waals surface area contributed by atoms with Crippen LogP contribution in [0.3, 0.4) is 0 Å². The summed E-state index contributed by atoms with van der Waals surface area (Å²) < 4.78 is 10.9. The summed E-state index contributed by atoms with van der Waals surface area (Å²) in [6.07, 6.45) is 10.6.